The molecular formula is C14H26N2O2. The number of aliphatic hydroxyl groups excluding tert-OH is 1. The summed E-state index contributed by atoms with van der Waals surface area (Å²) in [7, 11) is 0. The normalized spacial score (nSPS) is 31.6. The Labute approximate surface area is 110 Å². The van der Waals surface area contributed by atoms with Crippen LogP contribution in [0.15, 0.2) is 0 Å². The van der Waals surface area contributed by atoms with Gasteiger partial charge < -0.3 is 10.0 Å². The van der Waals surface area contributed by atoms with Crippen molar-refractivity contribution in [1.82, 2.24) is 9.80 Å². The molecule has 1 N–H and O–H groups in total. The van der Waals surface area contributed by atoms with Gasteiger partial charge in [0.25, 0.3) is 0 Å². The van der Waals surface area contributed by atoms with Crippen LogP contribution in [0.2, 0.25) is 0 Å². The fourth-order valence-electron chi connectivity index (χ4n) is 3.15. The van der Waals surface area contributed by atoms with Gasteiger partial charge in [-0.1, -0.05) is 0 Å². The van der Waals surface area contributed by atoms with Crippen LogP contribution in [-0.4, -0.2) is 59.1 Å². The molecule has 2 aliphatic rings. The van der Waals surface area contributed by atoms with Gasteiger partial charge in [-0.05, 0) is 52.0 Å². The molecule has 0 saturated carbocycles. The van der Waals surface area contributed by atoms with Crippen LogP contribution in [-0.2, 0) is 4.79 Å². The van der Waals surface area contributed by atoms with Crippen molar-refractivity contribution < 1.29 is 9.90 Å². The Morgan fingerprint density at radius 1 is 1.33 bits per heavy atom. The summed E-state index contributed by atoms with van der Waals surface area (Å²) in [6.45, 7) is 7.28. The van der Waals surface area contributed by atoms with Crippen molar-refractivity contribution in [1.29, 1.82) is 0 Å². The maximum absolute atomic E-state index is 12.3. The topological polar surface area (TPSA) is 43.8 Å². The molecule has 3 unspecified atom stereocenters. The van der Waals surface area contributed by atoms with Gasteiger partial charge >= 0.3 is 0 Å². The number of carbonyl (C=O) groups excluding carboxylic acids is 1. The van der Waals surface area contributed by atoms with E-state index in [9.17, 15) is 9.90 Å². The lowest BCUT2D eigenvalue weighted by Crippen LogP contribution is -2.46. The third kappa shape index (κ3) is 3.23. The number of amides is 1. The fourth-order valence-corrected chi connectivity index (χ4v) is 3.15. The molecule has 4 nitrogen and oxygen atoms in total. The molecule has 3 atom stereocenters. The molecule has 2 heterocycles. The molecule has 0 spiro atoms. The molecule has 1 amide bonds. The van der Waals surface area contributed by atoms with Crippen LogP contribution < -0.4 is 0 Å². The Balaban J connectivity index is 1.81. The number of piperidine rings is 1. The lowest BCUT2D eigenvalue weighted by Gasteiger charge is -2.34. The second-order valence-electron chi connectivity index (χ2n) is 5.96. The van der Waals surface area contributed by atoms with Crippen molar-refractivity contribution in [2.75, 3.05) is 26.2 Å². The van der Waals surface area contributed by atoms with Crippen LogP contribution in [0, 0.1) is 5.92 Å². The van der Waals surface area contributed by atoms with Gasteiger partial charge in [-0.3, -0.25) is 9.69 Å². The van der Waals surface area contributed by atoms with Gasteiger partial charge in [0.05, 0.1) is 12.6 Å². The third-order valence-electron chi connectivity index (χ3n) is 4.47. The zero-order chi connectivity index (χ0) is 13.1. The van der Waals surface area contributed by atoms with Crippen LogP contribution >= 0.6 is 0 Å². The fraction of sp³-hybridized carbons (Fsp3) is 0.929. The number of aliphatic hydroxyl groups is 1. The summed E-state index contributed by atoms with van der Waals surface area (Å²) in [6.07, 6.45) is 4.30. The summed E-state index contributed by atoms with van der Waals surface area (Å²) < 4.78 is 0. The average molecular weight is 254 g/mol. The molecule has 0 aromatic rings. The van der Waals surface area contributed by atoms with E-state index in [1.54, 1.807) is 0 Å². The van der Waals surface area contributed by atoms with Crippen molar-refractivity contribution in [2.24, 2.45) is 5.92 Å². The van der Waals surface area contributed by atoms with Gasteiger partial charge in [0.2, 0.25) is 5.91 Å². The van der Waals surface area contributed by atoms with Crippen molar-refractivity contribution >= 4 is 5.91 Å². The Morgan fingerprint density at radius 2 is 2.11 bits per heavy atom. The molecule has 2 aliphatic heterocycles. The Bertz CT molecular complexity index is 294. The minimum Gasteiger partial charge on any atom is -0.393 e. The molecule has 0 bridgehead atoms. The van der Waals surface area contributed by atoms with Crippen molar-refractivity contribution in [3.05, 3.63) is 0 Å². The highest BCUT2D eigenvalue weighted by atomic mass is 16.3. The van der Waals surface area contributed by atoms with E-state index in [-0.39, 0.29) is 12.0 Å². The van der Waals surface area contributed by atoms with Gasteiger partial charge in [-0.25, -0.2) is 0 Å². The lowest BCUT2D eigenvalue weighted by atomic mass is 10.0. The van der Waals surface area contributed by atoms with Gasteiger partial charge in [0, 0.05) is 19.1 Å². The van der Waals surface area contributed by atoms with E-state index < -0.39 is 0 Å². The highest BCUT2D eigenvalue weighted by Crippen LogP contribution is 2.21. The quantitative estimate of drug-likeness (QED) is 0.820. The summed E-state index contributed by atoms with van der Waals surface area (Å²) in [5.74, 6) is 0.616. The largest absolute Gasteiger partial charge is 0.393 e. The summed E-state index contributed by atoms with van der Waals surface area (Å²) in [6, 6.07) is 0.404. The SMILES string of the molecule is CC(O)C1CCN(CC(=O)N2CCCCC2C)C1. The summed E-state index contributed by atoms with van der Waals surface area (Å²) in [4.78, 5) is 16.5. The average Bonchev–Trinajstić information content (AvgIpc) is 2.78. The molecule has 2 fully saturated rings. The lowest BCUT2D eigenvalue weighted by molar-refractivity contribution is -0.135. The number of rotatable bonds is 3. The molecule has 2 rings (SSSR count). The van der Waals surface area contributed by atoms with E-state index in [0.717, 1.165) is 38.9 Å². The highest BCUT2D eigenvalue weighted by molar-refractivity contribution is 5.78. The van der Waals surface area contributed by atoms with E-state index in [2.05, 4.69) is 11.8 Å². The van der Waals surface area contributed by atoms with Crippen LogP contribution in [0.4, 0.5) is 0 Å². The monoisotopic (exact) mass is 254 g/mol. The van der Waals surface area contributed by atoms with Crippen molar-refractivity contribution in [3.63, 3.8) is 0 Å². The summed E-state index contributed by atoms with van der Waals surface area (Å²) >= 11 is 0. The zero-order valence-electron chi connectivity index (χ0n) is 11.6. The van der Waals surface area contributed by atoms with E-state index in [4.69, 9.17) is 0 Å². The second kappa shape index (κ2) is 6.02. The van der Waals surface area contributed by atoms with Crippen molar-refractivity contribution in [3.8, 4) is 0 Å². The molecule has 2 saturated heterocycles. The number of likely N-dealkylation sites (tertiary alicyclic amines) is 2. The van der Waals surface area contributed by atoms with Crippen LogP contribution in [0.3, 0.4) is 0 Å². The summed E-state index contributed by atoms with van der Waals surface area (Å²) in [5, 5.41) is 9.57. The summed E-state index contributed by atoms with van der Waals surface area (Å²) in [5.41, 5.74) is 0. The van der Waals surface area contributed by atoms with Gasteiger partial charge in [-0.15, -0.1) is 0 Å². The van der Waals surface area contributed by atoms with E-state index in [0.29, 0.717) is 18.5 Å². The third-order valence-corrected chi connectivity index (χ3v) is 4.47. The molecule has 4 heteroatoms. The minimum absolute atomic E-state index is 0.251. The van der Waals surface area contributed by atoms with Crippen LogP contribution in [0.1, 0.15) is 39.5 Å². The first kappa shape index (κ1) is 13.8. The molecule has 18 heavy (non-hydrogen) atoms. The standard InChI is InChI=1S/C14H26N2O2/c1-11-5-3-4-7-16(11)14(18)10-15-8-6-13(9-15)12(2)17/h11-13,17H,3-10H2,1-2H3. The Morgan fingerprint density at radius 3 is 2.72 bits per heavy atom. The maximum Gasteiger partial charge on any atom is 0.236 e. The first-order chi connectivity index (χ1) is 8.58. The number of carbonyl (C=O) groups is 1. The number of hydrogen-bond donors (Lipinski definition) is 1. The molecule has 0 aliphatic carbocycles. The molecule has 104 valence electrons. The van der Waals surface area contributed by atoms with Gasteiger partial charge in [0.1, 0.15) is 0 Å². The number of nitrogens with zero attached hydrogens (tertiary/aromatic N) is 2. The zero-order valence-corrected chi connectivity index (χ0v) is 11.6. The first-order valence-electron chi connectivity index (χ1n) is 7.28. The molecule has 0 radical (unpaired) electrons. The first-order valence-corrected chi connectivity index (χ1v) is 7.28. The van der Waals surface area contributed by atoms with E-state index in [1.165, 1.54) is 6.42 Å². The van der Waals surface area contributed by atoms with Gasteiger partial charge in [-0.2, -0.15) is 0 Å². The van der Waals surface area contributed by atoms with E-state index in [1.807, 2.05) is 11.8 Å². The second-order valence-corrected chi connectivity index (χ2v) is 5.96. The van der Waals surface area contributed by atoms with Crippen molar-refractivity contribution in [2.45, 2.75) is 51.7 Å². The predicted molar refractivity (Wildman–Crippen MR) is 71.3 cm³/mol. The molecule has 0 aromatic heterocycles. The van der Waals surface area contributed by atoms with Crippen LogP contribution in [0.5, 0.6) is 0 Å². The Hall–Kier alpha value is -0.610. The smallest absolute Gasteiger partial charge is 0.236 e. The van der Waals surface area contributed by atoms with Crippen LogP contribution in [0.25, 0.3) is 0 Å². The Kier molecular flexibility index (Phi) is 4.62. The van der Waals surface area contributed by atoms with E-state index >= 15 is 0 Å². The predicted octanol–water partition coefficient (Wildman–Crippen LogP) is 1.09. The highest BCUT2D eigenvalue weighted by Gasteiger charge is 2.30. The maximum atomic E-state index is 12.3. The number of hydrogen-bond acceptors (Lipinski definition) is 3. The minimum atomic E-state index is -0.251. The molecular weight excluding hydrogens is 228 g/mol. The van der Waals surface area contributed by atoms with Gasteiger partial charge in [0.15, 0.2) is 0 Å². The molecule has 0 aromatic carbocycles.